The van der Waals surface area contributed by atoms with Crippen LogP contribution in [0.3, 0.4) is 0 Å². The first kappa shape index (κ1) is 16.6. The third-order valence-corrected chi connectivity index (χ3v) is 5.49. The van der Waals surface area contributed by atoms with Crippen LogP contribution in [0.1, 0.15) is 24.7 Å². The molecule has 0 atom stereocenters. The van der Waals surface area contributed by atoms with Crippen LogP contribution in [0.15, 0.2) is 18.5 Å². The van der Waals surface area contributed by atoms with Gasteiger partial charge in [0.2, 0.25) is 5.91 Å². The molecule has 2 N–H and O–H groups in total. The molecule has 9 heteroatoms. The van der Waals surface area contributed by atoms with Crippen LogP contribution in [0.4, 0.5) is 8.78 Å². The van der Waals surface area contributed by atoms with Crippen molar-refractivity contribution >= 4 is 28.0 Å². The zero-order valence-corrected chi connectivity index (χ0v) is 14.7. The van der Waals surface area contributed by atoms with E-state index >= 15 is 0 Å². The molecular formula is C18H20F2N6O. The Balaban J connectivity index is 1.57. The quantitative estimate of drug-likeness (QED) is 0.734. The minimum Gasteiger partial charge on any atom is -0.346 e. The summed E-state index contributed by atoms with van der Waals surface area (Å²) in [4.78, 5) is 25.9. The number of hydrogen-bond donors (Lipinski definition) is 2. The van der Waals surface area contributed by atoms with E-state index in [4.69, 9.17) is 0 Å². The molecule has 1 amide bonds. The summed E-state index contributed by atoms with van der Waals surface area (Å²) < 4.78 is 28.4. The number of pyridine rings is 1. The lowest BCUT2D eigenvalue weighted by atomic mass is 10.1. The van der Waals surface area contributed by atoms with Crippen molar-refractivity contribution in [2.24, 2.45) is 0 Å². The highest BCUT2D eigenvalue weighted by Gasteiger charge is 2.46. The average Bonchev–Trinajstić information content (AvgIpc) is 3.23. The highest BCUT2D eigenvalue weighted by atomic mass is 19.3. The maximum absolute atomic E-state index is 13.1. The summed E-state index contributed by atoms with van der Waals surface area (Å²) in [7, 11) is 0. The second-order valence-electron chi connectivity index (χ2n) is 7.39. The molecule has 2 fully saturated rings. The van der Waals surface area contributed by atoms with Gasteiger partial charge < -0.3 is 19.8 Å². The number of carbonyl (C=O) groups excluding carboxylic acids is 1. The summed E-state index contributed by atoms with van der Waals surface area (Å²) in [6, 6.07) is 2.18. The molecule has 0 aromatic carbocycles. The van der Waals surface area contributed by atoms with E-state index in [1.807, 2.05) is 12.3 Å². The fraction of sp³-hybridized carbons (Fsp3) is 0.500. The van der Waals surface area contributed by atoms with Crippen LogP contribution in [0.25, 0.3) is 22.1 Å². The van der Waals surface area contributed by atoms with Crippen LogP contribution < -0.4 is 5.32 Å². The van der Waals surface area contributed by atoms with Crippen molar-refractivity contribution < 1.29 is 13.6 Å². The van der Waals surface area contributed by atoms with E-state index in [0.717, 1.165) is 48.0 Å². The third-order valence-electron chi connectivity index (χ3n) is 5.49. The molecular weight excluding hydrogens is 354 g/mol. The molecule has 3 aromatic heterocycles. The number of amides is 1. The van der Waals surface area contributed by atoms with E-state index in [9.17, 15) is 13.6 Å². The lowest BCUT2D eigenvalue weighted by Crippen LogP contribution is -2.58. The number of likely N-dealkylation sites (tertiary alicyclic amines) is 1. The molecule has 0 saturated carbocycles. The molecule has 2 aliphatic rings. The number of nitrogens with one attached hydrogen (secondary N) is 2. The molecule has 142 valence electrons. The van der Waals surface area contributed by atoms with Crippen LogP contribution >= 0.6 is 0 Å². The molecule has 7 nitrogen and oxygen atoms in total. The number of rotatable bonds is 3. The molecule has 0 aliphatic carbocycles. The van der Waals surface area contributed by atoms with E-state index in [-0.39, 0.29) is 18.4 Å². The molecule has 0 unspecified atom stereocenters. The molecule has 0 spiro atoms. The Hall–Kier alpha value is -2.55. The average molecular weight is 374 g/mol. The number of aromatic nitrogens is 4. The number of aromatic amines is 1. The van der Waals surface area contributed by atoms with E-state index in [0.29, 0.717) is 5.82 Å². The summed E-state index contributed by atoms with van der Waals surface area (Å²) in [6.07, 6.45) is 5.44. The van der Waals surface area contributed by atoms with Gasteiger partial charge in [-0.15, -0.1) is 0 Å². The molecule has 5 heterocycles. The van der Waals surface area contributed by atoms with Crippen molar-refractivity contribution in [3.63, 3.8) is 0 Å². The fourth-order valence-corrected chi connectivity index (χ4v) is 4.16. The van der Waals surface area contributed by atoms with E-state index in [1.165, 1.54) is 4.90 Å². The predicted molar refractivity (Wildman–Crippen MR) is 95.8 cm³/mol. The summed E-state index contributed by atoms with van der Waals surface area (Å²) in [5.41, 5.74) is 2.47. The number of fused-ring (bicyclic) bond motifs is 3. The minimum atomic E-state index is -2.76. The van der Waals surface area contributed by atoms with Gasteiger partial charge in [0.05, 0.1) is 31.2 Å². The number of piperidine rings is 1. The minimum absolute atomic E-state index is 0.0284. The second kappa shape index (κ2) is 5.98. The topological polar surface area (TPSA) is 78.8 Å². The second-order valence-corrected chi connectivity index (χ2v) is 7.39. The maximum Gasteiger partial charge on any atom is 0.282 e. The zero-order valence-electron chi connectivity index (χ0n) is 14.7. The normalized spacial score (nSPS) is 20.3. The van der Waals surface area contributed by atoms with Crippen molar-refractivity contribution in [2.75, 3.05) is 26.2 Å². The van der Waals surface area contributed by atoms with Gasteiger partial charge in [-0.25, -0.2) is 18.7 Å². The first-order valence-electron chi connectivity index (χ1n) is 9.21. The molecule has 3 aromatic rings. The summed E-state index contributed by atoms with van der Waals surface area (Å²) >= 11 is 0. The largest absolute Gasteiger partial charge is 0.346 e. The van der Waals surface area contributed by atoms with E-state index in [2.05, 4.69) is 24.8 Å². The number of carbonyl (C=O) groups is 1. The van der Waals surface area contributed by atoms with Gasteiger partial charge in [0.15, 0.2) is 0 Å². The van der Waals surface area contributed by atoms with Gasteiger partial charge in [-0.1, -0.05) is 0 Å². The Bertz CT molecular complexity index is 1010. The van der Waals surface area contributed by atoms with Crippen LogP contribution in [0, 0.1) is 0 Å². The maximum atomic E-state index is 13.1. The molecule has 2 aliphatic heterocycles. The lowest BCUT2D eigenvalue weighted by molar-refractivity contribution is -0.165. The monoisotopic (exact) mass is 374 g/mol. The summed E-state index contributed by atoms with van der Waals surface area (Å²) in [5, 5.41) is 4.32. The Morgan fingerprint density at radius 1 is 1.30 bits per heavy atom. The van der Waals surface area contributed by atoms with Crippen molar-refractivity contribution in [1.29, 1.82) is 0 Å². The smallest absolute Gasteiger partial charge is 0.282 e. The number of alkyl halides is 2. The van der Waals surface area contributed by atoms with Crippen LogP contribution in [0.2, 0.25) is 0 Å². The van der Waals surface area contributed by atoms with Crippen LogP contribution in [-0.2, 0) is 11.2 Å². The lowest BCUT2D eigenvalue weighted by Gasteiger charge is -2.38. The van der Waals surface area contributed by atoms with E-state index < -0.39 is 19.0 Å². The number of imidazole rings is 1. The number of hydrogen-bond acceptors (Lipinski definition) is 4. The molecule has 0 radical (unpaired) electrons. The first-order chi connectivity index (χ1) is 13.0. The predicted octanol–water partition coefficient (Wildman–Crippen LogP) is 1.86. The van der Waals surface area contributed by atoms with Gasteiger partial charge in [-0.05, 0) is 32.0 Å². The van der Waals surface area contributed by atoms with Crippen molar-refractivity contribution in [1.82, 2.24) is 29.7 Å². The molecule has 5 rings (SSSR count). The standard InChI is InChI=1S/C18H20F2N6O/c19-18(20)9-25(10-18)15(27)7-14-24-13-8-23-17-12(3-6-22-17)16(13)26(14)11-1-4-21-5-2-11/h3,6,8,11,21H,1-2,4-5,7,9-10H2,(H,22,23). The van der Waals surface area contributed by atoms with Gasteiger partial charge in [-0.2, -0.15) is 0 Å². The fourth-order valence-electron chi connectivity index (χ4n) is 4.16. The molecule has 0 bridgehead atoms. The van der Waals surface area contributed by atoms with Crippen molar-refractivity contribution in [3.8, 4) is 0 Å². The third kappa shape index (κ3) is 2.77. The van der Waals surface area contributed by atoms with Crippen LogP contribution in [0.5, 0.6) is 0 Å². The SMILES string of the molecule is O=C(Cc1nc2cnc3[nH]ccc3c2n1C1CCNCC1)N1CC(F)(F)C1. The van der Waals surface area contributed by atoms with Gasteiger partial charge >= 0.3 is 0 Å². The highest BCUT2D eigenvalue weighted by molar-refractivity contribution is 6.01. The first-order valence-corrected chi connectivity index (χ1v) is 9.21. The summed E-state index contributed by atoms with van der Waals surface area (Å²) in [6.45, 7) is 0.806. The Labute approximate surface area is 153 Å². The van der Waals surface area contributed by atoms with Crippen molar-refractivity contribution in [2.45, 2.75) is 31.2 Å². The molecule has 2 saturated heterocycles. The zero-order chi connectivity index (χ0) is 18.6. The van der Waals surface area contributed by atoms with Gasteiger partial charge in [0.25, 0.3) is 5.92 Å². The van der Waals surface area contributed by atoms with Gasteiger partial charge in [0.1, 0.15) is 17.0 Å². The Morgan fingerprint density at radius 3 is 2.81 bits per heavy atom. The molecule has 27 heavy (non-hydrogen) atoms. The Kier molecular flexibility index (Phi) is 3.68. The van der Waals surface area contributed by atoms with E-state index in [1.54, 1.807) is 6.20 Å². The van der Waals surface area contributed by atoms with Crippen molar-refractivity contribution in [3.05, 3.63) is 24.3 Å². The number of H-pyrrole nitrogens is 1. The highest BCUT2D eigenvalue weighted by Crippen LogP contribution is 2.32. The number of nitrogens with zero attached hydrogens (tertiary/aromatic N) is 4. The number of halogens is 2. The van der Waals surface area contributed by atoms with Crippen LogP contribution in [-0.4, -0.2) is 62.4 Å². The van der Waals surface area contributed by atoms with Gasteiger partial charge in [0, 0.05) is 17.6 Å². The van der Waals surface area contributed by atoms with Gasteiger partial charge in [-0.3, -0.25) is 4.79 Å². The summed E-state index contributed by atoms with van der Waals surface area (Å²) in [5.74, 6) is -2.43. The Morgan fingerprint density at radius 2 is 2.07 bits per heavy atom.